The highest BCUT2D eigenvalue weighted by Gasteiger charge is 2.14. The van der Waals surface area contributed by atoms with Gasteiger partial charge < -0.3 is 15.2 Å². The van der Waals surface area contributed by atoms with Crippen LogP contribution in [0.4, 0.5) is 23.3 Å². The summed E-state index contributed by atoms with van der Waals surface area (Å²) in [5, 5.41) is 5.68. The van der Waals surface area contributed by atoms with Crippen LogP contribution in [-0.2, 0) is 21.2 Å². The van der Waals surface area contributed by atoms with Gasteiger partial charge in [0.2, 0.25) is 17.2 Å². The first kappa shape index (κ1) is 21.1. The molecule has 152 valence electrons. The molecule has 3 aromatic rings. The Kier molecular flexibility index (Phi) is 6.10. The zero-order valence-electron chi connectivity index (χ0n) is 14.7. The second-order valence-corrected chi connectivity index (χ2v) is 8.43. The summed E-state index contributed by atoms with van der Waals surface area (Å²) < 4.78 is 51.8. The van der Waals surface area contributed by atoms with E-state index in [4.69, 9.17) is 16.2 Å². The normalized spacial score (nSPS) is 12.4. The largest absolute Gasteiger partial charge is 0.324 e. The predicted octanol–water partition coefficient (Wildman–Crippen LogP) is 3.15. The van der Waals surface area contributed by atoms with Gasteiger partial charge in [0.25, 0.3) is 10.1 Å². The maximum atomic E-state index is 11.3. The summed E-state index contributed by atoms with van der Waals surface area (Å²) >= 11 is 3.86. The van der Waals surface area contributed by atoms with Crippen LogP contribution in [-0.4, -0.2) is 36.7 Å². The number of hydrogen-bond donors (Lipinski definition) is 4. The van der Waals surface area contributed by atoms with Crippen molar-refractivity contribution >= 4 is 56.1 Å². The van der Waals surface area contributed by atoms with E-state index in [9.17, 15) is 17.2 Å². The highest BCUT2D eigenvalue weighted by atomic mass is 35.5. The molecule has 1 unspecified atom stereocenters. The summed E-state index contributed by atoms with van der Waals surface area (Å²) in [6, 6.07) is 10.3. The quantitative estimate of drug-likeness (QED) is 0.321. The van der Waals surface area contributed by atoms with Crippen molar-refractivity contribution < 1.29 is 21.7 Å². The molecule has 0 spiro atoms. The molecule has 29 heavy (non-hydrogen) atoms. The molecular formula is C16H14ClN5O5S2. The predicted molar refractivity (Wildman–Crippen MR) is 108 cm³/mol. The molecule has 0 fully saturated rings. The van der Waals surface area contributed by atoms with Gasteiger partial charge in [-0.1, -0.05) is 0 Å². The maximum absolute atomic E-state index is 11.3. The lowest BCUT2D eigenvalue weighted by Gasteiger charge is -2.10. The lowest BCUT2D eigenvalue weighted by Crippen LogP contribution is -2.05. The minimum atomic E-state index is -4.31. The number of nitrogens with one attached hydrogen (secondary N) is 2. The Morgan fingerprint density at radius 1 is 0.966 bits per heavy atom. The Morgan fingerprint density at radius 3 is 2.03 bits per heavy atom. The molecule has 0 saturated carbocycles. The third-order valence-corrected chi connectivity index (χ3v) is 5.49. The van der Waals surface area contributed by atoms with Crippen LogP contribution in [0.3, 0.4) is 0 Å². The van der Waals surface area contributed by atoms with Gasteiger partial charge in [-0.2, -0.15) is 23.4 Å². The van der Waals surface area contributed by atoms with Gasteiger partial charge in [0.1, 0.15) is 0 Å². The topological polar surface area (TPSA) is 154 Å². The molecule has 1 aromatic heterocycles. The van der Waals surface area contributed by atoms with Gasteiger partial charge in [-0.3, -0.25) is 4.55 Å². The molecule has 0 bridgehead atoms. The van der Waals surface area contributed by atoms with Crippen molar-refractivity contribution in [3.8, 4) is 0 Å². The van der Waals surface area contributed by atoms with E-state index in [1.165, 1.54) is 37.3 Å². The minimum Gasteiger partial charge on any atom is -0.324 e. The fourth-order valence-electron chi connectivity index (χ4n) is 2.39. The minimum absolute atomic E-state index is 0.0932. The number of halogens is 1. The molecule has 4 N–H and O–H groups in total. The van der Waals surface area contributed by atoms with E-state index in [-0.39, 0.29) is 27.0 Å². The van der Waals surface area contributed by atoms with Gasteiger partial charge in [0.15, 0.2) is 11.1 Å². The molecule has 0 aliphatic carbocycles. The Labute approximate surface area is 173 Å². The standard InChI is InChI=1S/C16H14ClN5O5S2/c1-9-8-11(4-7-13(9)29(25,26)27)19-16-21-14(17)20-15(22-16)18-10-2-5-12(6-3-10)28(23)24/h2-8H,1H3,(H,23,24)(H,25,26,27)(H2,18,19,20,21,22). The van der Waals surface area contributed by atoms with E-state index < -0.39 is 21.2 Å². The second-order valence-electron chi connectivity index (χ2n) is 5.73. The number of benzene rings is 2. The lowest BCUT2D eigenvalue weighted by molar-refractivity contribution is 0.482. The first-order chi connectivity index (χ1) is 13.6. The van der Waals surface area contributed by atoms with E-state index in [2.05, 4.69) is 25.6 Å². The number of aromatic nitrogens is 3. The van der Waals surface area contributed by atoms with Crippen molar-refractivity contribution in [3.63, 3.8) is 0 Å². The fourth-order valence-corrected chi connectivity index (χ4v) is 3.63. The van der Waals surface area contributed by atoms with Gasteiger partial charge in [0.05, 0.1) is 9.79 Å². The van der Waals surface area contributed by atoms with Crippen molar-refractivity contribution in [1.82, 2.24) is 15.0 Å². The molecule has 2 aromatic carbocycles. The third kappa shape index (κ3) is 5.46. The van der Waals surface area contributed by atoms with E-state index in [1.807, 2.05) is 0 Å². The van der Waals surface area contributed by atoms with Crippen molar-refractivity contribution in [2.45, 2.75) is 16.7 Å². The number of rotatable bonds is 6. The lowest BCUT2D eigenvalue weighted by atomic mass is 10.2. The summed E-state index contributed by atoms with van der Waals surface area (Å²) in [6.07, 6.45) is 0. The van der Waals surface area contributed by atoms with Crippen LogP contribution in [0.1, 0.15) is 5.56 Å². The first-order valence-corrected chi connectivity index (χ1v) is 10.8. The Balaban J connectivity index is 1.82. The number of aryl methyl sites for hydroxylation is 1. The molecule has 1 heterocycles. The van der Waals surface area contributed by atoms with Crippen molar-refractivity contribution in [2.75, 3.05) is 10.6 Å². The first-order valence-electron chi connectivity index (χ1n) is 7.86. The monoisotopic (exact) mass is 455 g/mol. The van der Waals surface area contributed by atoms with Gasteiger partial charge >= 0.3 is 0 Å². The van der Waals surface area contributed by atoms with Gasteiger partial charge in [0, 0.05) is 11.4 Å². The summed E-state index contributed by atoms with van der Waals surface area (Å²) in [5.74, 6) is 0.219. The van der Waals surface area contributed by atoms with Crippen LogP contribution < -0.4 is 10.6 Å². The zero-order chi connectivity index (χ0) is 21.2. The zero-order valence-corrected chi connectivity index (χ0v) is 17.1. The van der Waals surface area contributed by atoms with Gasteiger partial charge in [-0.25, -0.2) is 4.21 Å². The summed E-state index contributed by atoms with van der Waals surface area (Å²) in [6.45, 7) is 1.53. The molecule has 10 nitrogen and oxygen atoms in total. The Hall–Kier alpha value is -2.64. The molecule has 0 aliphatic heterocycles. The summed E-state index contributed by atoms with van der Waals surface area (Å²) in [7, 11) is -4.31. The van der Waals surface area contributed by atoms with Gasteiger partial charge in [-0.05, 0) is 66.6 Å². The van der Waals surface area contributed by atoms with Crippen molar-refractivity contribution in [2.24, 2.45) is 0 Å². The molecule has 1 atom stereocenters. The second kappa shape index (κ2) is 8.39. The van der Waals surface area contributed by atoms with E-state index in [0.717, 1.165) is 0 Å². The maximum Gasteiger partial charge on any atom is 0.294 e. The van der Waals surface area contributed by atoms with Crippen molar-refractivity contribution in [3.05, 3.63) is 53.3 Å². The molecule has 13 heteroatoms. The number of hydrogen-bond acceptors (Lipinski definition) is 8. The molecule has 3 rings (SSSR count). The summed E-state index contributed by atoms with van der Waals surface area (Å²) in [4.78, 5) is 12.1. The van der Waals surface area contributed by atoms with Crippen LogP contribution in [0.25, 0.3) is 0 Å². The van der Waals surface area contributed by atoms with Gasteiger partial charge in [-0.15, -0.1) is 0 Å². The number of anilines is 4. The average Bonchev–Trinajstić information content (AvgIpc) is 2.60. The average molecular weight is 456 g/mol. The highest BCUT2D eigenvalue weighted by molar-refractivity contribution is 7.85. The van der Waals surface area contributed by atoms with E-state index in [0.29, 0.717) is 16.9 Å². The summed E-state index contributed by atoms with van der Waals surface area (Å²) in [5.41, 5.74) is 1.36. The van der Waals surface area contributed by atoms with E-state index >= 15 is 0 Å². The van der Waals surface area contributed by atoms with Crippen LogP contribution in [0.5, 0.6) is 0 Å². The van der Waals surface area contributed by atoms with Crippen LogP contribution in [0.2, 0.25) is 5.28 Å². The van der Waals surface area contributed by atoms with Crippen molar-refractivity contribution in [1.29, 1.82) is 0 Å². The fraction of sp³-hybridized carbons (Fsp3) is 0.0625. The van der Waals surface area contributed by atoms with Crippen LogP contribution >= 0.6 is 11.6 Å². The molecule has 0 amide bonds. The molecular weight excluding hydrogens is 442 g/mol. The van der Waals surface area contributed by atoms with Crippen LogP contribution in [0, 0.1) is 6.92 Å². The highest BCUT2D eigenvalue weighted by Crippen LogP contribution is 2.23. The number of nitrogens with zero attached hydrogens (tertiary/aromatic N) is 3. The molecule has 0 saturated heterocycles. The SMILES string of the molecule is Cc1cc(Nc2nc(Cl)nc(Nc3ccc(S(=O)O)cc3)n2)ccc1S(=O)(=O)O. The smallest absolute Gasteiger partial charge is 0.294 e. The van der Waals surface area contributed by atoms with E-state index in [1.54, 1.807) is 12.1 Å². The Morgan fingerprint density at radius 2 is 1.52 bits per heavy atom. The molecule has 0 aliphatic rings. The van der Waals surface area contributed by atoms with Crippen LogP contribution in [0.15, 0.2) is 52.3 Å². The Bertz CT molecular complexity index is 1190. The molecule has 0 radical (unpaired) electrons. The third-order valence-electron chi connectivity index (χ3n) is 3.63.